The number of aromatic nitrogens is 3. The van der Waals surface area contributed by atoms with Gasteiger partial charge in [0, 0.05) is 18.1 Å². The summed E-state index contributed by atoms with van der Waals surface area (Å²) in [6, 6.07) is 11.9. The van der Waals surface area contributed by atoms with Gasteiger partial charge < -0.3 is 10.1 Å². The highest BCUT2D eigenvalue weighted by Gasteiger charge is 2.11. The zero-order valence-corrected chi connectivity index (χ0v) is 9.51. The highest BCUT2D eigenvalue weighted by molar-refractivity contribution is 5.92. The molecule has 86 valence electrons. The van der Waals surface area contributed by atoms with Gasteiger partial charge in [-0.15, -0.1) is 0 Å². The number of rotatable bonds is 2. The van der Waals surface area contributed by atoms with Crippen molar-refractivity contribution in [3.05, 3.63) is 42.1 Å². The van der Waals surface area contributed by atoms with Gasteiger partial charge in [0.15, 0.2) is 0 Å². The number of aliphatic hydroxyl groups excluding tert-OH is 1. The van der Waals surface area contributed by atoms with E-state index in [4.69, 9.17) is 5.11 Å². The fraction of sp³-hybridized carbons (Fsp3) is 0.154. The molecule has 4 heteroatoms. The van der Waals surface area contributed by atoms with Crippen LogP contribution in [-0.4, -0.2) is 19.9 Å². The van der Waals surface area contributed by atoms with Gasteiger partial charge in [-0.1, -0.05) is 18.2 Å². The summed E-state index contributed by atoms with van der Waals surface area (Å²) < 4.78 is 1.87. The molecule has 0 aliphatic carbocycles. The van der Waals surface area contributed by atoms with E-state index in [1.54, 1.807) is 0 Å². The first-order valence-corrected chi connectivity index (χ1v) is 5.50. The molecule has 3 aromatic rings. The molecule has 0 spiro atoms. The Morgan fingerprint density at radius 3 is 2.82 bits per heavy atom. The Balaban J connectivity index is 2.23. The van der Waals surface area contributed by atoms with Crippen LogP contribution < -0.4 is 0 Å². The van der Waals surface area contributed by atoms with Crippen LogP contribution in [0.2, 0.25) is 0 Å². The quantitative estimate of drug-likeness (QED) is 0.704. The van der Waals surface area contributed by atoms with Gasteiger partial charge in [-0.25, -0.2) is 0 Å². The number of aryl methyl sites for hydroxylation is 1. The summed E-state index contributed by atoms with van der Waals surface area (Å²) in [4.78, 5) is 3.16. The number of hydrogen-bond acceptors (Lipinski definition) is 2. The van der Waals surface area contributed by atoms with Crippen molar-refractivity contribution in [1.29, 1.82) is 0 Å². The second kappa shape index (κ2) is 3.75. The summed E-state index contributed by atoms with van der Waals surface area (Å²) in [5.41, 5.74) is 3.76. The lowest BCUT2D eigenvalue weighted by Crippen LogP contribution is -1.89. The Labute approximate surface area is 98.5 Å². The molecule has 0 radical (unpaired) electrons. The summed E-state index contributed by atoms with van der Waals surface area (Å²) in [7, 11) is 1.93. The Hall–Kier alpha value is -2.07. The summed E-state index contributed by atoms with van der Waals surface area (Å²) in [6.45, 7) is 0.0186. The molecule has 4 nitrogen and oxygen atoms in total. The van der Waals surface area contributed by atoms with E-state index in [-0.39, 0.29) is 6.61 Å². The largest absolute Gasteiger partial charge is 0.390 e. The van der Waals surface area contributed by atoms with E-state index in [2.05, 4.69) is 16.1 Å². The highest BCUT2D eigenvalue weighted by Crippen LogP contribution is 2.26. The highest BCUT2D eigenvalue weighted by atomic mass is 16.3. The van der Waals surface area contributed by atoms with E-state index in [0.29, 0.717) is 0 Å². The van der Waals surface area contributed by atoms with Crippen LogP contribution in [0.4, 0.5) is 0 Å². The molecule has 2 N–H and O–H groups in total. The normalized spacial score (nSPS) is 11.2. The molecule has 0 saturated heterocycles. The average molecular weight is 227 g/mol. The first-order chi connectivity index (χ1) is 8.29. The fourth-order valence-electron chi connectivity index (χ4n) is 2.08. The lowest BCUT2D eigenvalue weighted by Gasteiger charge is -1.93. The minimum absolute atomic E-state index is 0.0186. The Kier molecular flexibility index (Phi) is 2.23. The van der Waals surface area contributed by atoms with Crippen molar-refractivity contribution in [2.45, 2.75) is 6.61 Å². The average Bonchev–Trinajstić information content (AvgIpc) is 2.95. The van der Waals surface area contributed by atoms with Crippen LogP contribution in [0.1, 0.15) is 5.69 Å². The first kappa shape index (κ1) is 10.1. The van der Waals surface area contributed by atoms with Crippen LogP contribution in [0.15, 0.2) is 36.4 Å². The number of para-hydroxylation sites is 1. The lowest BCUT2D eigenvalue weighted by atomic mass is 10.2. The zero-order chi connectivity index (χ0) is 11.8. The second-order valence-electron chi connectivity index (χ2n) is 4.04. The minimum Gasteiger partial charge on any atom is -0.390 e. The molecule has 0 atom stereocenters. The van der Waals surface area contributed by atoms with Gasteiger partial charge in [0.25, 0.3) is 0 Å². The molecule has 1 aromatic carbocycles. The number of nitrogens with zero attached hydrogens (tertiary/aromatic N) is 2. The molecule has 0 fully saturated rings. The number of aliphatic hydroxyl groups is 1. The molecular formula is C13H13N3O. The van der Waals surface area contributed by atoms with Crippen LogP contribution in [0.3, 0.4) is 0 Å². The first-order valence-electron chi connectivity index (χ1n) is 5.50. The van der Waals surface area contributed by atoms with Crippen molar-refractivity contribution in [2.24, 2.45) is 7.05 Å². The van der Waals surface area contributed by atoms with Crippen molar-refractivity contribution >= 4 is 10.9 Å². The predicted molar refractivity (Wildman–Crippen MR) is 66.4 cm³/mol. The van der Waals surface area contributed by atoms with Crippen LogP contribution in [0.25, 0.3) is 22.3 Å². The van der Waals surface area contributed by atoms with Crippen molar-refractivity contribution in [1.82, 2.24) is 14.8 Å². The molecule has 0 bridgehead atoms. The summed E-state index contributed by atoms with van der Waals surface area (Å²) >= 11 is 0. The third kappa shape index (κ3) is 1.54. The monoisotopic (exact) mass is 227 g/mol. The Bertz CT molecular complexity index is 666. The molecule has 0 saturated carbocycles. The second-order valence-corrected chi connectivity index (χ2v) is 4.04. The van der Waals surface area contributed by atoms with Crippen LogP contribution in [0.5, 0.6) is 0 Å². The van der Waals surface area contributed by atoms with Crippen molar-refractivity contribution in [3.8, 4) is 11.4 Å². The standard InChI is InChI=1S/C13H13N3O/c1-16-12-5-3-2-4-10(12)13(15-16)11-7-6-9(8-17)14-11/h2-7,14,17H,8H2,1H3. The van der Waals surface area contributed by atoms with Crippen molar-refractivity contribution in [3.63, 3.8) is 0 Å². The van der Waals surface area contributed by atoms with E-state index in [1.165, 1.54) is 0 Å². The predicted octanol–water partition coefficient (Wildman–Crippen LogP) is 2.06. The summed E-state index contributed by atoms with van der Waals surface area (Å²) in [5, 5.41) is 14.7. The molecule has 3 rings (SSSR count). The number of hydrogen-bond donors (Lipinski definition) is 2. The van der Waals surface area contributed by atoms with Gasteiger partial charge in [0.1, 0.15) is 5.69 Å². The third-order valence-electron chi connectivity index (χ3n) is 2.93. The van der Waals surface area contributed by atoms with Gasteiger partial charge >= 0.3 is 0 Å². The van der Waals surface area contributed by atoms with Gasteiger partial charge in [0.05, 0.1) is 17.8 Å². The van der Waals surface area contributed by atoms with Crippen LogP contribution >= 0.6 is 0 Å². The smallest absolute Gasteiger partial charge is 0.116 e. The molecule has 2 aromatic heterocycles. The fourth-order valence-corrected chi connectivity index (χ4v) is 2.08. The third-order valence-corrected chi connectivity index (χ3v) is 2.93. The maximum atomic E-state index is 9.06. The molecule has 0 aliphatic heterocycles. The minimum atomic E-state index is 0.0186. The number of nitrogens with one attached hydrogen (secondary N) is 1. The van der Waals surface area contributed by atoms with E-state index < -0.39 is 0 Å². The van der Waals surface area contributed by atoms with Gasteiger partial charge in [0.2, 0.25) is 0 Å². The number of fused-ring (bicyclic) bond motifs is 1. The molecule has 0 aliphatic rings. The van der Waals surface area contributed by atoms with Gasteiger partial charge in [-0.05, 0) is 18.2 Å². The van der Waals surface area contributed by atoms with E-state index in [9.17, 15) is 0 Å². The lowest BCUT2D eigenvalue weighted by molar-refractivity contribution is 0.277. The zero-order valence-electron chi connectivity index (χ0n) is 9.51. The molecule has 2 heterocycles. The number of benzene rings is 1. The van der Waals surface area contributed by atoms with Crippen LogP contribution in [0, 0.1) is 0 Å². The van der Waals surface area contributed by atoms with Gasteiger partial charge in [-0.2, -0.15) is 5.10 Å². The summed E-state index contributed by atoms with van der Waals surface area (Å²) in [6.07, 6.45) is 0. The number of aromatic amines is 1. The Morgan fingerprint density at radius 2 is 2.06 bits per heavy atom. The topological polar surface area (TPSA) is 53.8 Å². The maximum absolute atomic E-state index is 9.06. The van der Waals surface area contributed by atoms with E-state index in [1.807, 2.05) is 42.1 Å². The molecule has 0 amide bonds. The number of H-pyrrole nitrogens is 1. The van der Waals surface area contributed by atoms with Crippen molar-refractivity contribution < 1.29 is 5.11 Å². The SMILES string of the molecule is Cn1nc(-c2ccc(CO)[nH]2)c2ccccc21. The molecule has 0 unspecified atom stereocenters. The Morgan fingerprint density at radius 1 is 1.24 bits per heavy atom. The molecule has 17 heavy (non-hydrogen) atoms. The van der Waals surface area contributed by atoms with Gasteiger partial charge in [-0.3, -0.25) is 4.68 Å². The maximum Gasteiger partial charge on any atom is 0.116 e. The molecular weight excluding hydrogens is 214 g/mol. The van der Waals surface area contributed by atoms with Crippen molar-refractivity contribution in [2.75, 3.05) is 0 Å². The van der Waals surface area contributed by atoms with E-state index >= 15 is 0 Å². The summed E-state index contributed by atoms with van der Waals surface area (Å²) in [5.74, 6) is 0. The van der Waals surface area contributed by atoms with E-state index in [0.717, 1.165) is 28.0 Å². The van der Waals surface area contributed by atoms with Crippen LogP contribution in [-0.2, 0) is 13.7 Å².